The average molecular weight is 274 g/mol. The number of aliphatic imine (C=N–C) groups is 1. The molecule has 4 heteroatoms. The molecule has 0 bridgehead atoms. The molecular formula is C16H22N2O2. The van der Waals surface area contributed by atoms with Gasteiger partial charge in [0.1, 0.15) is 17.1 Å². The third-order valence-electron chi connectivity index (χ3n) is 3.64. The fourth-order valence-corrected chi connectivity index (χ4v) is 2.06. The highest BCUT2D eigenvalue weighted by atomic mass is 16.5. The Morgan fingerprint density at radius 2 is 1.95 bits per heavy atom. The van der Waals surface area contributed by atoms with Crippen LogP contribution in [-0.2, 0) is 4.79 Å². The van der Waals surface area contributed by atoms with Crippen molar-refractivity contribution >= 4 is 11.7 Å². The van der Waals surface area contributed by atoms with Gasteiger partial charge in [0.15, 0.2) is 0 Å². The molecule has 1 N–H and O–H groups in total. The summed E-state index contributed by atoms with van der Waals surface area (Å²) in [4.78, 5) is 16.7. The Morgan fingerprint density at radius 3 is 2.50 bits per heavy atom. The molecule has 0 radical (unpaired) electrons. The van der Waals surface area contributed by atoms with E-state index in [2.05, 4.69) is 10.3 Å². The molecule has 0 saturated heterocycles. The number of nitrogens with zero attached hydrogens (tertiary/aromatic N) is 1. The molecule has 0 aliphatic carbocycles. The minimum atomic E-state index is -0.690. The fraction of sp³-hybridized carbons (Fsp3) is 0.500. The minimum absolute atomic E-state index is 0.0438. The zero-order valence-corrected chi connectivity index (χ0v) is 12.7. The van der Waals surface area contributed by atoms with Gasteiger partial charge in [0.25, 0.3) is 5.91 Å². The Morgan fingerprint density at radius 1 is 1.25 bits per heavy atom. The predicted molar refractivity (Wildman–Crippen MR) is 80.1 cm³/mol. The maximum Gasteiger partial charge on any atom is 0.253 e. The van der Waals surface area contributed by atoms with Gasteiger partial charge in [-0.15, -0.1) is 0 Å². The molecule has 108 valence electrons. The van der Waals surface area contributed by atoms with Crippen molar-refractivity contribution in [2.75, 3.05) is 0 Å². The van der Waals surface area contributed by atoms with Crippen LogP contribution in [0.4, 0.5) is 0 Å². The van der Waals surface area contributed by atoms with Crippen LogP contribution < -0.4 is 10.1 Å². The normalized spacial score (nSPS) is 22.1. The maximum absolute atomic E-state index is 12.1. The Kier molecular flexibility index (Phi) is 3.84. The van der Waals surface area contributed by atoms with Crippen LogP contribution in [0.3, 0.4) is 0 Å². The number of carbonyl (C=O) groups is 1. The molecule has 1 aliphatic rings. The van der Waals surface area contributed by atoms with Crippen LogP contribution in [0.15, 0.2) is 29.3 Å². The molecule has 1 heterocycles. The van der Waals surface area contributed by atoms with Gasteiger partial charge in [-0.3, -0.25) is 9.79 Å². The first-order chi connectivity index (χ1) is 9.33. The molecule has 2 rings (SSSR count). The molecule has 1 aromatic rings. The van der Waals surface area contributed by atoms with Crippen molar-refractivity contribution in [1.29, 1.82) is 0 Å². The van der Waals surface area contributed by atoms with Crippen molar-refractivity contribution in [1.82, 2.24) is 5.32 Å². The van der Waals surface area contributed by atoms with Crippen molar-refractivity contribution in [3.05, 3.63) is 29.8 Å². The van der Waals surface area contributed by atoms with Gasteiger partial charge >= 0.3 is 0 Å². The lowest BCUT2D eigenvalue weighted by atomic mass is 9.89. The first-order valence-electron chi connectivity index (χ1n) is 7.01. The van der Waals surface area contributed by atoms with Crippen molar-refractivity contribution in [3.63, 3.8) is 0 Å². The number of nitrogens with one attached hydrogen (secondary N) is 1. The molecule has 0 fully saturated rings. The van der Waals surface area contributed by atoms with Gasteiger partial charge < -0.3 is 10.1 Å². The second-order valence-electron chi connectivity index (χ2n) is 5.91. The Labute approximate surface area is 120 Å². The maximum atomic E-state index is 12.1. The van der Waals surface area contributed by atoms with Gasteiger partial charge in [0.2, 0.25) is 0 Å². The fourth-order valence-electron chi connectivity index (χ4n) is 2.06. The van der Waals surface area contributed by atoms with Crippen LogP contribution in [0.1, 0.15) is 40.2 Å². The SMILES string of the molecule is CC(C)Oc1cccc(C2=NC(C)(C(C)C)C(=O)N2)c1. The number of amides is 1. The van der Waals surface area contributed by atoms with E-state index >= 15 is 0 Å². The Hall–Kier alpha value is -1.84. The Bertz CT molecular complexity index is 549. The van der Waals surface area contributed by atoms with Crippen LogP contribution in [0.2, 0.25) is 0 Å². The van der Waals surface area contributed by atoms with E-state index < -0.39 is 5.54 Å². The third kappa shape index (κ3) is 2.69. The van der Waals surface area contributed by atoms with Gasteiger partial charge in [-0.2, -0.15) is 0 Å². The number of rotatable bonds is 4. The number of benzene rings is 1. The van der Waals surface area contributed by atoms with E-state index in [1.807, 2.05) is 58.9 Å². The molecule has 1 unspecified atom stereocenters. The second kappa shape index (κ2) is 5.27. The number of ether oxygens (including phenoxy) is 1. The molecule has 0 aromatic heterocycles. The number of hydrogen-bond donors (Lipinski definition) is 1. The summed E-state index contributed by atoms with van der Waals surface area (Å²) in [5, 5.41) is 2.88. The summed E-state index contributed by atoms with van der Waals surface area (Å²) in [6.07, 6.45) is 0.117. The summed E-state index contributed by atoms with van der Waals surface area (Å²) < 4.78 is 5.67. The smallest absolute Gasteiger partial charge is 0.253 e. The van der Waals surface area contributed by atoms with Crippen LogP contribution in [0, 0.1) is 5.92 Å². The van der Waals surface area contributed by atoms with Crippen LogP contribution in [0.5, 0.6) is 5.75 Å². The van der Waals surface area contributed by atoms with E-state index in [9.17, 15) is 4.79 Å². The largest absolute Gasteiger partial charge is 0.491 e. The molecule has 0 saturated carbocycles. The minimum Gasteiger partial charge on any atom is -0.491 e. The molecule has 1 aromatic carbocycles. The molecule has 4 nitrogen and oxygen atoms in total. The van der Waals surface area contributed by atoms with Gasteiger partial charge in [0.05, 0.1) is 6.10 Å². The molecule has 1 amide bonds. The second-order valence-corrected chi connectivity index (χ2v) is 5.91. The molecule has 0 spiro atoms. The van der Waals surface area contributed by atoms with Crippen molar-refractivity contribution in [2.24, 2.45) is 10.9 Å². The van der Waals surface area contributed by atoms with E-state index in [0.29, 0.717) is 5.84 Å². The highest BCUT2D eigenvalue weighted by Gasteiger charge is 2.41. The van der Waals surface area contributed by atoms with Crippen LogP contribution >= 0.6 is 0 Å². The van der Waals surface area contributed by atoms with Gasteiger partial charge in [-0.25, -0.2) is 0 Å². The lowest BCUT2D eigenvalue weighted by Gasteiger charge is -2.21. The van der Waals surface area contributed by atoms with Crippen molar-refractivity contribution in [2.45, 2.75) is 46.3 Å². The summed E-state index contributed by atoms with van der Waals surface area (Å²) in [5.41, 5.74) is 0.186. The van der Waals surface area contributed by atoms with Gasteiger partial charge in [-0.1, -0.05) is 26.0 Å². The number of hydrogen-bond acceptors (Lipinski definition) is 3. The monoisotopic (exact) mass is 274 g/mol. The number of amidine groups is 1. The quantitative estimate of drug-likeness (QED) is 0.918. The summed E-state index contributed by atoms with van der Waals surface area (Å²) >= 11 is 0. The van der Waals surface area contributed by atoms with E-state index in [4.69, 9.17) is 4.74 Å². The lowest BCUT2D eigenvalue weighted by Crippen LogP contribution is -2.41. The van der Waals surface area contributed by atoms with Gasteiger partial charge in [-0.05, 0) is 38.8 Å². The summed E-state index contributed by atoms with van der Waals surface area (Å²) in [6, 6.07) is 7.65. The molecule has 1 atom stereocenters. The van der Waals surface area contributed by atoms with E-state index in [1.165, 1.54) is 0 Å². The summed E-state index contributed by atoms with van der Waals surface area (Å²) in [7, 11) is 0. The zero-order valence-electron chi connectivity index (χ0n) is 12.7. The van der Waals surface area contributed by atoms with Crippen molar-refractivity contribution in [3.8, 4) is 5.75 Å². The highest BCUT2D eigenvalue weighted by molar-refractivity contribution is 6.15. The van der Waals surface area contributed by atoms with Crippen LogP contribution in [0.25, 0.3) is 0 Å². The van der Waals surface area contributed by atoms with E-state index in [1.54, 1.807) is 0 Å². The van der Waals surface area contributed by atoms with E-state index in [0.717, 1.165) is 11.3 Å². The summed E-state index contributed by atoms with van der Waals surface area (Å²) in [6.45, 7) is 9.85. The number of carbonyl (C=O) groups excluding carboxylic acids is 1. The van der Waals surface area contributed by atoms with Crippen LogP contribution in [-0.4, -0.2) is 23.4 Å². The molecule has 1 aliphatic heterocycles. The third-order valence-corrected chi connectivity index (χ3v) is 3.64. The lowest BCUT2D eigenvalue weighted by molar-refractivity contribution is -0.124. The molecule has 20 heavy (non-hydrogen) atoms. The Balaban J connectivity index is 2.31. The van der Waals surface area contributed by atoms with Crippen molar-refractivity contribution < 1.29 is 9.53 Å². The topological polar surface area (TPSA) is 50.7 Å². The average Bonchev–Trinajstić information content (AvgIpc) is 2.67. The van der Waals surface area contributed by atoms with E-state index in [-0.39, 0.29) is 17.9 Å². The standard InChI is InChI=1S/C16H22N2O2/c1-10(2)16(5)15(19)17-14(18-16)12-7-6-8-13(9-12)20-11(3)4/h6-11H,1-5H3,(H,17,18,19). The first-order valence-corrected chi connectivity index (χ1v) is 7.01. The molecular weight excluding hydrogens is 252 g/mol. The highest BCUT2D eigenvalue weighted by Crippen LogP contribution is 2.27. The predicted octanol–water partition coefficient (Wildman–Crippen LogP) is 2.76. The first kappa shape index (κ1) is 14.6. The summed E-state index contributed by atoms with van der Waals surface area (Å²) in [5.74, 6) is 1.51. The zero-order chi connectivity index (χ0) is 14.9. The van der Waals surface area contributed by atoms with Gasteiger partial charge in [0, 0.05) is 5.56 Å².